The Kier molecular flexibility index (Phi) is 8.31. The molecule has 1 aromatic rings. The maximum atomic E-state index is 4.63. The molecule has 1 aromatic heterocycles. The van der Waals surface area contributed by atoms with Crippen LogP contribution in [0.25, 0.3) is 0 Å². The molecule has 0 spiro atoms. The van der Waals surface area contributed by atoms with Crippen molar-refractivity contribution in [1.29, 1.82) is 0 Å². The molecule has 0 radical (unpaired) electrons. The van der Waals surface area contributed by atoms with Crippen LogP contribution in [0.3, 0.4) is 0 Å². The summed E-state index contributed by atoms with van der Waals surface area (Å²) in [5.41, 5.74) is 1.16. The Morgan fingerprint density at radius 1 is 1.26 bits per heavy atom. The van der Waals surface area contributed by atoms with Crippen molar-refractivity contribution in [3.63, 3.8) is 0 Å². The minimum atomic E-state index is 0.599. The maximum absolute atomic E-state index is 4.63. The second-order valence-electron chi connectivity index (χ2n) is 5.46. The normalized spacial score (nSPS) is 14.5. The van der Waals surface area contributed by atoms with Crippen LogP contribution in [-0.2, 0) is 6.42 Å². The minimum Gasteiger partial charge on any atom is -0.313 e. The highest BCUT2D eigenvalue weighted by atomic mass is 32.1. The van der Waals surface area contributed by atoms with Gasteiger partial charge < -0.3 is 5.32 Å². The summed E-state index contributed by atoms with van der Waals surface area (Å²) in [5.74, 6) is 0.788. The van der Waals surface area contributed by atoms with Gasteiger partial charge in [0.1, 0.15) is 0 Å². The maximum Gasteiger partial charge on any atom is 0.0943 e. The van der Waals surface area contributed by atoms with E-state index in [0.29, 0.717) is 6.04 Å². The molecule has 2 nitrogen and oxygen atoms in total. The van der Waals surface area contributed by atoms with E-state index in [9.17, 15) is 0 Å². The van der Waals surface area contributed by atoms with Gasteiger partial charge in [0.25, 0.3) is 0 Å². The summed E-state index contributed by atoms with van der Waals surface area (Å²) in [6, 6.07) is 0.599. The third-order valence-electron chi connectivity index (χ3n) is 3.74. The highest BCUT2D eigenvalue weighted by Crippen LogP contribution is 2.21. The summed E-state index contributed by atoms with van der Waals surface area (Å²) >= 11 is 1.81. The number of hydrogen-bond acceptors (Lipinski definition) is 3. The quantitative estimate of drug-likeness (QED) is 0.679. The van der Waals surface area contributed by atoms with Crippen LogP contribution in [0.1, 0.15) is 63.6 Å². The van der Waals surface area contributed by atoms with Gasteiger partial charge in [-0.05, 0) is 32.2 Å². The standard InChI is InChI=1S/C16H30N2S/c1-5-8-9-14(7-3)15(17-10-6-2)11-16-18-13(4)12-19-16/h12,14-15,17H,5-11H2,1-4H3. The van der Waals surface area contributed by atoms with Crippen molar-refractivity contribution in [2.75, 3.05) is 6.54 Å². The number of aryl methyl sites for hydroxylation is 1. The number of hydrogen-bond donors (Lipinski definition) is 1. The van der Waals surface area contributed by atoms with Gasteiger partial charge in [0.15, 0.2) is 0 Å². The molecule has 0 aromatic carbocycles. The van der Waals surface area contributed by atoms with Crippen molar-refractivity contribution in [2.24, 2.45) is 5.92 Å². The van der Waals surface area contributed by atoms with E-state index >= 15 is 0 Å². The lowest BCUT2D eigenvalue weighted by molar-refractivity contribution is 0.315. The predicted molar refractivity (Wildman–Crippen MR) is 85.9 cm³/mol. The molecule has 3 heteroatoms. The first kappa shape index (κ1) is 16.6. The van der Waals surface area contributed by atoms with Crippen LogP contribution in [-0.4, -0.2) is 17.6 Å². The lowest BCUT2D eigenvalue weighted by atomic mass is 9.89. The van der Waals surface area contributed by atoms with Gasteiger partial charge in [-0.2, -0.15) is 0 Å². The van der Waals surface area contributed by atoms with E-state index in [4.69, 9.17) is 0 Å². The van der Waals surface area contributed by atoms with Crippen LogP contribution >= 0.6 is 11.3 Å². The molecule has 19 heavy (non-hydrogen) atoms. The van der Waals surface area contributed by atoms with Gasteiger partial charge in [-0.1, -0.05) is 40.0 Å². The highest BCUT2D eigenvalue weighted by molar-refractivity contribution is 7.09. The first-order chi connectivity index (χ1) is 9.21. The van der Waals surface area contributed by atoms with Crippen molar-refractivity contribution in [1.82, 2.24) is 10.3 Å². The van der Waals surface area contributed by atoms with Gasteiger partial charge in [0.2, 0.25) is 0 Å². The fraction of sp³-hybridized carbons (Fsp3) is 0.812. The molecule has 0 aliphatic heterocycles. The zero-order valence-corrected chi connectivity index (χ0v) is 13.9. The van der Waals surface area contributed by atoms with Crippen molar-refractivity contribution in [3.8, 4) is 0 Å². The number of aromatic nitrogens is 1. The van der Waals surface area contributed by atoms with E-state index in [1.165, 1.54) is 37.1 Å². The van der Waals surface area contributed by atoms with E-state index in [1.54, 1.807) is 0 Å². The van der Waals surface area contributed by atoms with Crippen LogP contribution in [0.4, 0.5) is 0 Å². The van der Waals surface area contributed by atoms with Crippen molar-refractivity contribution in [2.45, 2.75) is 72.3 Å². The van der Waals surface area contributed by atoms with Gasteiger partial charge >= 0.3 is 0 Å². The van der Waals surface area contributed by atoms with Crippen molar-refractivity contribution < 1.29 is 0 Å². The van der Waals surface area contributed by atoms with E-state index in [1.807, 2.05) is 11.3 Å². The van der Waals surface area contributed by atoms with Crippen LogP contribution in [0, 0.1) is 12.8 Å². The summed E-state index contributed by atoms with van der Waals surface area (Å²) in [6.45, 7) is 10.1. The largest absolute Gasteiger partial charge is 0.313 e. The van der Waals surface area contributed by atoms with Crippen molar-refractivity contribution >= 4 is 11.3 Å². The lowest BCUT2D eigenvalue weighted by Crippen LogP contribution is -2.38. The van der Waals surface area contributed by atoms with Gasteiger partial charge in [-0.25, -0.2) is 4.98 Å². The smallest absolute Gasteiger partial charge is 0.0943 e. The van der Waals surface area contributed by atoms with Crippen LogP contribution in [0.5, 0.6) is 0 Å². The zero-order valence-electron chi connectivity index (χ0n) is 13.0. The molecule has 110 valence electrons. The Morgan fingerprint density at radius 3 is 2.58 bits per heavy atom. The van der Waals surface area contributed by atoms with Gasteiger partial charge in [0, 0.05) is 23.5 Å². The number of nitrogens with zero attached hydrogens (tertiary/aromatic N) is 1. The monoisotopic (exact) mass is 282 g/mol. The molecule has 0 amide bonds. The molecule has 0 aliphatic rings. The molecular formula is C16H30N2S. The molecule has 0 saturated heterocycles. The average molecular weight is 282 g/mol. The third-order valence-corrected chi connectivity index (χ3v) is 4.73. The lowest BCUT2D eigenvalue weighted by Gasteiger charge is -2.27. The summed E-state index contributed by atoms with van der Waals surface area (Å²) in [6.07, 6.45) is 7.57. The number of thiazole rings is 1. The molecule has 2 unspecified atom stereocenters. The fourth-order valence-electron chi connectivity index (χ4n) is 2.58. The number of rotatable bonds is 10. The topological polar surface area (TPSA) is 24.9 Å². The Bertz CT molecular complexity index is 335. The van der Waals surface area contributed by atoms with E-state index in [0.717, 1.165) is 24.6 Å². The molecule has 2 atom stereocenters. The van der Waals surface area contributed by atoms with E-state index in [2.05, 4.69) is 43.4 Å². The predicted octanol–water partition coefficient (Wildman–Crippen LogP) is 4.58. The van der Waals surface area contributed by atoms with E-state index in [-0.39, 0.29) is 0 Å². The SMILES string of the molecule is CCCCC(CC)C(Cc1nc(C)cs1)NCCC. The molecule has 0 bridgehead atoms. The van der Waals surface area contributed by atoms with E-state index < -0.39 is 0 Å². The minimum absolute atomic E-state index is 0.599. The first-order valence-electron chi connectivity index (χ1n) is 7.85. The Morgan fingerprint density at radius 2 is 2.05 bits per heavy atom. The molecule has 0 saturated carbocycles. The Labute approximate surface area is 123 Å². The second-order valence-corrected chi connectivity index (χ2v) is 6.40. The number of unbranched alkanes of at least 4 members (excludes halogenated alkanes) is 1. The fourth-order valence-corrected chi connectivity index (χ4v) is 3.41. The number of nitrogens with one attached hydrogen (secondary N) is 1. The Balaban J connectivity index is 2.62. The molecular weight excluding hydrogens is 252 g/mol. The van der Waals surface area contributed by atoms with Crippen LogP contribution < -0.4 is 5.32 Å². The summed E-state index contributed by atoms with van der Waals surface area (Å²) < 4.78 is 0. The highest BCUT2D eigenvalue weighted by Gasteiger charge is 2.20. The molecule has 0 fully saturated rings. The average Bonchev–Trinajstić information content (AvgIpc) is 2.81. The van der Waals surface area contributed by atoms with Gasteiger partial charge in [-0.3, -0.25) is 0 Å². The second kappa shape index (κ2) is 9.49. The zero-order chi connectivity index (χ0) is 14.1. The van der Waals surface area contributed by atoms with Crippen molar-refractivity contribution in [3.05, 3.63) is 16.1 Å². The first-order valence-corrected chi connectivity index (χ1v) is 8.73. The summed E-state index contributed by atoms with van der Waals surface area (Å²) in [7, 11) is 0. The van der Waals surface area contributed by atoms with Crippen LogP contribution in [0.15, 0.2) is 5.38 Å². The molecule has 0 aliphatic carbocycles. The molecule has 1 rings (SSSR count). The van der Waals surface area contributed by atoms with Gasteiger partial charge in [-0.15, -0.1) is 11.3 Å². The molecule has 1 heterocycles. The summed E-state index contributed by atoms with van der Waals surface area (Å²) in [5, 5.41) is 7.21. The molecule has 1 N–H and O–H groups in total. The van der Waals surface area contributed by atoms with Crippen LogP contribution in [0.2, 0.25) is 0 Å². The summed E-state index contributed by atoms with van der Waals surface area (Å²) in [4.78, 5) is 4.63. The Hall–Kier alpha value is -0.410. The third kappa shape index (κ3) is 6.05. The van der Waals surface area contributed by atoms with Gasteiger partial charge in [0.05, 0.1) is 5.01 Å².